The number of rotatable bonds is 6. The molecule has 0 aliphatic heterocycles. The van der Waals surface area contributed by atoms with Gasteiger partial charge in [-0.15, -0.1) is 24.0 Å². The molecule has 3 N–H and O–H groups in total. The molecule has 0 unspecified atom stereocenters. The van der Waals surface area contributed by atoms with Crippen LogP contribution in [0.2, 0.25) is 5.02 Å². The number of ether oxygens (including phenoxy) is 1. The smallest absolute Gasteiger partial charge is 0.193 e. The Labute approximate surface area is 154 Å². The van der Waals surface area contributed by atoms with Crippen LogP contribution in [0, 0.1) is 11.3 Å². The van der Waals surface area contributed by atoms with Gasteiger partial charge in [0.1, 0.15) is 5.75 Å². The van der Waals surface area contributed by atoms with Crippen molar-refractivity contribution in [3.63, 3.8) is 0 Å². The van der Waals surface area contributed by atoms with E-state index in [-0.39, 0.29) is 24.0 Å². The highest BCUT2D eigenvalue weighted by Gasteiger charge is 2.42. The van der Waals surface area contributed by atoms with Crippen LogP contribution in [0.1, 0.15) is 33.1 Å². The van der Waals surface area contributed by atoms with Crippen LogP contribution in [0.15, 0.2) is 23.2 Å². The van der Waals surface area contributed by atoms with Crippen LogP contribution in [0.5, 0.6) is 5.75 Å². The minimum absolute atomic E-state index is 0. The van der Waals surface area contributed by atoms with Gasteiger partial charge in [0.15, 0.2) is 5.96 Å². The van der Waals surface area contributed by atoms with Gasteiger partial charge in [0.05, 0.1) is 12.1 Å². The van der Waals surface area contributed by atoms with Crippen LogP contribution in [-0.4, -0.2) is 19.6 Å². The quantitative estimate of drug-likeness (QED) is 0.391. The molecule has 2 rings (SSSR count). The molecule has 1 saturated carbocycles. The molecule has 4 nitrogen and oxygen atoms in total. The minimum atomic E-state index is 0. The fourth-order valence-corrected chi connectivity index (χ4v) is 2.91. The number of hydrogen-bond donors (Lipinski definition) is 2. The second-order valence-corrected chi connectivity index (χ2v) is 6.68. The van der Waals surface area contributed by atoms with Crippen molar-refractivity contribution in [2.24, 2.45) is 22.1 Å². The average Bonchev–Trinajstić information content (AvgIpc) is 3.16. The van der Waals surface area contributed by atoms with Crippen molar-refractivity contribution in [3.8, 4) is 5.75 Å². The second-order valence-electron chi connectivity index (χ2n) is 6.27. The van der Waals surface area contributed by atoms with E-state index in [0.717, 1.165) is 12.2 Å². The van der Waals surface area contributed by atoms with Gasteiger partial charge in [0.25, 0.3) is 0 Å². The van der Waals surface area contributed by atoms with Crippen molar-refractivity contribution in [1.29, 1.82) is 0 Å². The van der Waals surface area contributed by atoms with Crippen molar-refractivity contribution < 1.29 is 4.74 Å². The molecule has 0 atom stereocenters. The molecule has 1 aromatic carbocycles. The summed E-state index contributed by atoms with van der Waals surface area (Å²) in [5.74, 6) is 1.79. The molecule has 1 aliphatic rings. The van der Waals surface area contributed by atoms with Gasteiger partial charge in [0.2, 0.25) is 0 Å². The molecule has 124 valence electrons. The van der Waals surface area contributed by atoms with Gasteiger partial charge in [-0.2, -0.15) is 0 Å². The van der Waals surface area contributed by atoms with Gasteiger partial charge >= 0.3 is 0 Å². The Kier molecular flexibility index (Phi) is 7.25. The predicted octanol–water partition coefficient (Wildman–Crippen LogP) is 4.52. The number of nitrogens with two attached hydrogens (primary N) is 1. The molecule has 0 spiro atoms. The first-order valence-electron chi connectivity index (χ1n) is 7.35. The summed E-state index contributed by atoms with van der Waals surface area (Å²) in [7, 11) is 1.59. The molecule has 0 radical (unpaired) electrons. The van der Waals surface area contributed by atoms with Gasteiger partial charge < -0.3 is 15.8 Å². The average molecular weight is 438 g/mol. The lowest BCUT2D eigenvalue weighted by Crippen LogP contribution is -2.24. The molecule has 0 heterocycles. The highest BCUT2D eigenvalue weighted by atomic mass is 127. The zero-order valence-corrected chi connectivity index (χ0v) is 16.4. The second kappa shape index (κ2) is 8.24. The summed E-state index contributed by atoms with van der Waals surface area (Å²) in [4.78, 5) is 4.49. The molecule has 1 fully saturated rings. The van der Waals surface area contributed by atoms with E-state index in [0.29, 0.717) is 28.1 Å². The summed E-state index contributed by atoms with van der Waals surface area (Å²) in [5.41, 5.74) is 7.16. The molecule has 0 saturated heterocycles. The van der Waals surface area contributed by atoms with Crippen LogP contribution < -0.4 is 15.8 Å². The summed E-state index contributed by atoms with van der Waals surface area (Å²) in [6.45, 7) is 5.31. The van der Waals surface area contributed by atoms with Crippen molar-refractivity contribution in [2.45, 2.75) is 33.1 Å². The largest absolute Gasteiger partial charge is 0.495 e. The predicted molar refractivity (Wildman–Crippen MR) is 105 cm³/mol. The number of hydrogen-bond acceptors (Lipinski definition) is 2. The lowest BCUT2D eigenvalue weighted by molar-refractivity contribution is 0.399. The van der Waals surface area contributed by atoms with Crippen molar-refractivity contribution in [1.82, 2.24) is 0 Å². The third kappa shape index (κ3) is 5.50. The molecule has 6 heteroatoms. The summed E-state index contributed by atoms with van der Waals surface area (Å²) < 4.78 is 5.12. The molecule has 0 amide bonds. The summed E-state index contributed by atoms with van der Waals surface area (Å²) in [6.07, 6.45) is 3.74. The maximum Gasteiger partial charge on any atom is 0.193 e. The fraction of sp³-hybridized carbons (Fsp3) is 0.562. The standard InChI is InChI=1S/C16H24ClN3O.HI/c1-11(2)9-16(6-7-16)10-19-15(18)20-12-4-5-14(21-3)13(17)8-12;/h4-5,8,11H,6-7,9-10H2,1-3H3,(H3,18,19,20);1H. The third-order valence-electron chi connectivity index (χ3n) is 3.81. The van der Waals surface area contributed by atoms with Gasteiger partial charge in [-0.05, 0) is 48.8 Å². The van der Waals surface area contributed by atoms with Crippen LogP contribution >= 0.6 is 35.6 Å². The van der Waals surface area contributed by atoms with Crippen LogP contribution in [0.4, 0.5) is 5.69 Å². The van der Waals surface area contributed by atoms with E-state index in [2.05, 4.69) is 24.2 Å². The lowest BCUT2D eigenvalue weighted by atomic mass is 9.94. The number of nitrogens with zero attached hydrogens (tertiary/aromatic N) is 1. The Morgan fingerprint density at radius 3 is 2.64 bits per heavy atom. The summed E-state index contributed by atoms with van der Waals surface area (Å²) in [5, 5.41) is 3.63. The maximum absolute atomic E-state index is 6.08. The van der Waals surface area contributed by atoms with Gasteiger partial charge in [-0.1, -0.05) is 25.4 Å². The van der Waals surface area contributed by atoms with E-state index in [9.17, 15) is 0 Å². The van der Waals surface area contributed by atoms with E-state index in [1.165, 1.54) is 19.3 Å². The van der Waals surface area contributed by atoms with E-state index >= 15 is 0 Å². The molecular weight excluding hydrogens is 413 g/mol. The Morgan fingerprint density at radius 2 is 2.14 bits per heavy atom. The molecular formula is C16H25ClIN3O. The van der Waals surface area contributed by atoms with Crippen molar-refractivity contribution in [2.75, 3.05) is 19.0 Å². The molecule has 0 bridgehead atoms. The number of benzene rings is 1. The highest BCUT2D eigenvalue weighted by molar-refractivity contribution is 14.0. The number of halogens is 2. The van der Waals surface area contributed by atoms with Crippen molar-refractivity contribution in [3.05, 3.63) is 23.2 Å². The van der Waals surface area contributed by atoms with Crippen LogP contribution in [-0.2, 0) is 0 Å². The van der Waals surface area contributed by atoms with Gasteiger partial charge in [-0.25, -0.2) is 0 Å². The number of methoxy groups -OCH3 is 1. The minimum Gasteiger partial charge on any atom is -0.495 e. The summed E-state index contributed by atoms with van der Waals surface area (Å²) in [6, 6.07) is 5.46. The Balaban J connectivity index is 0.00000242. The SMILES string of the molecule is COc1ccc(NC(N)=NCC2(CC(C)C)CC2)cc1Cl.I. The van der Waals surface area contributed by atoms with Gasteiger partial charge in [0, 0.05) is 12.2 Å². The Morgan fingerprint density at radius 1 is 1.45 bits per heavy atom. The molecule has 22 heavy (non-hydrogen) atoms. The maximum atomic E-state index is 6.08. The Hall–Kier alpha value is -0.690. The highest BCUT2D eigenvalue weighted by Crippen LogP contribution is 2.50. The zero-order valence-electron chi connectivity index (χ0n) is 13.4. The van der Waals surface area contributed by atoms with Gasteiger partial charge in [-0.3, -0.25) is 4.99 Å². The zero-order chi connectivity index (χ0) is 15.5. The lowest BCUT2D eigenvalue weighted by Gasteiger charge is -2.15. The normalized spacial score (nSPS) is 16.1. The first kappa shape index (κ1) is 19.4. The monoisotopic (exact) mass is 437 g/mol. The third-order valence-corrected chi connectivity index (χ3v) is 4.10. The van der Waals surface area contributed by atoms with E-state index in [4.69, 9.17) is 22.1 Å². The fourth-order valence-electron chi connectivity index (χ4n) is 2.65. The number of nitrogens with one attached hydrogen (secondary N) is 1. The van der Waals surface area contributed by atoms with Crippen molar-refractivity contribution >= 4 is 47.2 Å². The summed E-state index contributed by atoms with van der Waals surface area (Å²) >= 11 is 6.08. The molecule has 1 aromatic rings. The number of anilines is 1. The number of aliphatic imine (C=N–C) groups is 1. The van der Waals surface area contributed by atoms with Crippen LogP contribution in [0.25, 0.3) is 0 Å². The van der Waals surface area contributed by atoms with E-state index in [1.54, 1.807) is 19.2 Å². The molecule has 1 aliphatic carbocycles. The number of guanidine groups is 1. The molecule has 0 aromatic heterocycles. The topological polar surface area (TPSA) is 59.6 Å². The first-order valence-corrected chi connectivity index (χ1v) is 7.72. The van der Waals surface area contributed by atoms with E-state index < -0.39 is 0 Å². The van der Waals surface area contributed by atoms with E-state index in [1.807, 2.05) is 6.07 Å². The van der Waals surface area contributed by atoms with Crippen LogP contribution in [0.3, 0.4) is 0 Å². The first-order chi connectivity index (χ1) is 9.94. The Bertz CT molecular complexity index is 530.